The van der Waals surface area contributed by atoms with Gasteiger partial charge in [-0.25, -0.2) is 0 Å². The molecule has 4 unspecified atom stereocenters. The van der Waals surface area contributed by atoms with E-state index in [1.54, 1.807) is 0 Å². The zero-order chi connectivity index (χ0) is 10.1. The summed E-state index contributed by atoms with van der Waals surface area (Å²) in [4.78, 5) is 0. The van der Waals surface area contributed by atoms with E-state index < -0.39 is 0 Å². The van der Waals surface area contributed by atoms with Crippen molar-refractivity contribution in [2.75, 3.05) is 13.2 Å². The van der Waals surface area contributed by atoms with E-state index in [4.69, 9.17) is 9.84 Å². The van der Waals surface area contributed by atoms with Gasteiger partial charge in [-0.05, 0) is 43.9 Å². The zero-order valence-corrected chi connectivity index (χ0v) is 8.91. The molecular formula is C12H20O2. The van der Waals surface area contributed by atoms with Crippen molar-refractivity contribution in [2.45, 2.75) is 32.3 Å². The molecule has 0 aromatic rings. The standard InChI is InChI=1S/C12H20O2/c1-8(2)7-14-12-5-9-3-10(12)4-11(9)6-13/h9-13H,1,3-7H2,2H3. The molecule has 2 fully saturated rings. The van der Waals surface area contributed by atoms with Crippen molar-refractivity contribution < 1.29 is 9.84 Å². The molecule has 0 aromatic carbocycles. The third-order valence-corrected chi connectivity index (χ3v) is 3.72. The smallest absolute Gasteiger partial charge is 0.0675 e. The molecule has 2 bridgehead atoms. The van der Waals surface area contributed by atoms with E-state index in [0.717, 1.165) is 17.9 Å². The van der Waals surface area contributed by atoms with Gasteiger partial charge in [0.15, 0.2) is 0 Å². The molecule has 2 heteroatoms. The van der Waals surface area contributed by atoms with Crippen molar-refractivity contribution in [3.63, 3.8) is 0 Å². The van der Waals surface area contributed by atoms with Crippen molar-refractivity contribution in [2.24, 2.45) is 17.8 Å². The average Bonchev–Trinajstić information content (AvgIpc) is 2.72. The lowest BCUT2D eigenvalue weighted by Gasteiger charge is -2.26. The van der Waals surface area contributed by atoms with Crippen LogP contribution in [0.1, 0.15) is 26.2 Å². The lowest BCUT2D eigenvalue weighted by molar-refractivity contribution is 0.0135. The van der Waals surface area contributed by atoms with E-state index in [0.29, 0.717) is 31.2 Å². The molecule has 2 aliphatic rings. The van der Waals surface area contributed by atoms with E-state index >= 15 is 0 Å². The van der Waals surface area contributed by atoms with Crippen LogP contribution in [-0.4, -0.2) is 24.4 Å². The molecule has 80 valence electrons. The van der Waals surface area contributed by atoms with Gasteiger partial charge in [-0.15, -0.1) is 0 Å². The normalized spacial score (nSPS) is 40.4. The maximum absolute atomic E-state index is 9.14. The third-order valence-electron chi connectivity index (χ3n) is 3.72. The van der Waals surface area contributed by atoms with Gasteiger partial charge >= 0.3 is 0 Å². The number of ether oxygens (including phenoxy) is 1. The Bertz CT molecular complexity index is 224. The summed E-state index contributed by atoms with van der Waals surface area (Å²) >= 11 is 0. The van der Waals surface area contributed by atoms with Crippen LogP contribution in [0.4, 0.5) is 0 Å². The highest BCUT2D eigenvalue weighted by molar-refractivity contribution is 4.97. The fourth-order valence-corrected chi connectivity index (χ4v) is 3.02. The first-order chi connectivity index (χ1) is 6.70. The summed E-state index contributed by atoms with van der Waals surface area (Å²) in [7, 11) is 0. The second kappa shape index (κ2) is 4.03. The van der Waals surface area contributed by atoms with Gasteiger partial charge in [-0.1, -0.05) is 12.2 Å². The van der Waals surface area contributed by atoms with E-state index in [1.807, 2.05) is 6.92 Å². The van der Waals surface area contributed by atoms with Gasteiger partial charge in [0.25, 0.3) is 0 Å². The molecule has 0 radical (unpaired) electrons. The minimum Gasteiger partial charge on any atom is -0.396 e. The van der Waals surface area contributed by atoms with Crippen LogP contribution in [0.3, 0.4) is 0 Å². The van der Waals surface area contributed by atoms with Gasteiger partial charge in [0, 0.05) is 6.61 Å². The Morgan fingerprint density at radius 2 is 2.14 bits per heavy atom. The number of aliphatic hydroxyl groups is 1. The molecule has 0 aromatic heterocycles. The van der Waals surface area contributed by atoms with E-state index in [2.05, 4.69) is 6.58 Å². The first-order valence-corrected chi connectivity index (χ1v) is 5.57. The molecule has 14 heavy (non-hydrogen) atoms. The van der Waals surface area contributed by atoms with Crippen LogP contribution in [-0.2, 0) is 4.74 Å². The molecule has 0 saturated heterocycles. The Morgan fingerprint density at radius 3 is 2.64 bits per heavy atom. The minimum atomic E-state index is 0.369. The number of rotatable bonds is 4. The summed E-state index contributed by atoms with van der Waals surface area (Å²) in [6.45, 7) is 6.92. The molecule has 1 N–H and O–H groups in total. The van der Waals surface area contributed by atoms with Crippen LogP contribution in [0.15, 0.2) is 12.2 Å². The molecule has 4 atom stereocenters. The summed E-state index contributed by atoms with van der Waals surface area (Å²) in [6, 6.07) is 0. The fraction of sp³-hybridized carbons (Fsp3) is 0.833. The predicted molar refractivity (Wildman–Crippen MR) is 56.0 cm³/mol. The van der Waals surface area contributed by atoms with Crippen molar-refractivity contribution in [1.82, 2.24) is 0 Å². The SMILES string of the molecule is C=C(C)COC1CC2CC1CC2CO. The van der Waals surface area contributed by atoms with Gasteiger partial charge < -0.3 is 9.84 Å². The molecular weight excluding hydrogens is 176 g/mol. The van der Waals surface area contributed by atoms with Crippen LogP contribution in [0.2, 0.25) is 0 Å². The molecule has 0 amide bonds. The van der Waals surface area contributed by atoms with Crippen LogP contribution in [0.25, 0.3) is 0 Å². The Morgan fingerprint density at radius 1 is 1.36 bits per heavy atom. The maximum atomic E-state index is 9.14. The molecule has 0 spiro atoms. The van der Waals surface area contributed by atoms with Crippen LogP contribution in [0, 0.1) is 17.8 Å². The lowest BCUT2D eigenvalue weighted by atomic mass is 9.88. The summed E-state index contributed by atoms with van der Waals surface area (Å²) < 4.78 is 5.81. The van der Waals surface area contributed by atoms with Crippen molar-refractivity contribution in [3.05, 3.63) is 12.2 Å². The van der Waals surface area contributed by atoms with Crippen LogP contribution in [0.5, 0.6) is 0 Å². The molecule has 2 saturated carbocycles. The van der Waals surface area contributed by atoms with Gasteiger partial charge in [0.1, 0.15) is 0 Å². The molecule has 0 heterocycles. The molecule has 2 rings (SSSR count). The number of hydrogen-bond donors (Lipinski definition) is 1. The van der Waals surface area contributed by atoms with Gasteiger partial charge in [0.2, 0.25) is 0 Å². The van der Waals surface area contributed by atoms with Crippen molar-refractivity contribution in [3.8, 4) is 0 Å². The second-order valence-electron chi connectivity index (χ2n) is 4.98. The largest absolute Gasteiger partial charge is 0.396 e. The topological polar surface area (TPSA) is 29.5 Å². The number of aliphatic hydroxyl groups excluding tert-OH is 1. The maximum Gasteiger partial charge on any atom is 0.0675 e. The average molecular weight is 196 g/mol. The van der Waals surface area contributed by atoms with Gasteiger partial charge in [0.05, 0.1) is 12.7 Å². The lowest BCUT2D eigenvalue weighted by Crippen LogP contribution is -2.26. The van der Waals surface area contributed by atoms with E-state index in [9.17, 15) is 0 Å². The predicted octanol–water partition coefficient (Wildman–Crippen LogP) is 1.99. The first kappa shape index (κ1) is 10.2. The van der Waals surface area contributed by atoms with Gasteiger partial charge in [-0.3, -0.25) is 0 Å². The number of fused-ring (bicyclic) bond motifs is 2. The minimum absolute atomic E-state index is 0.369. The summed E-state index contributed by atoms with van der Waals surface area (Å²) in [5.74, 6) is 1.99. The summed E-state index contributed by atoms with van der Waals surface area (Å²) in [6.07, 6.45) is 4.04. The Labute approximate surface area is 86.0 Å². The van der Waals surface area contributed by atoms with Crippen LogP contribution >= 0.6 is 0 Å². The van der Waals surface area contributed by atoms with E-state index in [1.165, 1.54) is 12.8 Å². The molecule has 2 aliphatic carbocycles. The zero-order valence-electron chi connectivity index (χ0n) is 8.91. The van der Waals surface area contributed by atoms with E-state index in [-0.39, 0.29) is 0 Å². The van der Waals surface area contributed by atoms with Crippen molar-refractivity contribution in [1.29, 1.82) is 0 Å². The monoisotopic (exact) mass is 196 g/mol. The quantitative estimate of drug-likeness (QED) is 0.697. The van der Waals surface area contributed by atoms with Gasteiger partial charge in [-0.2, -0.15) is 0 Å². The summed E-state index contributed by atoms with van der Waals surface area (Å²) in [5, 5.41) is 9.14. The Kier molecular flexibility index (Phi) is 2.93. The fourth-order valence-electron chi connectivity index (χ4n) is 3.02. The summed E-state index contributed by atoms with van der Waals surface area (Å²) in [5.41, 5.74) is 1.10. The van der Waals surface area contributed by atoms with Crippen molar-refractivity contribution >= 4 is 0 Å². The Balaban J connectivity index is 1.81. The molecule has 2 nitrogen and oxygen atoms in total. The highest BCUT2D eigenvalue weighted by atomic mass is 16.5. The number of hydrogen-bond acceptors (Lipinski definition) is 2. The third kappa shape index (κ3) is 1.86. The second-order valence-corrected chi connectivity index (χ2v) is 4.98. The highest BCUT2D eigenvalue weighted by Gasteiger charge is 2.45. The highest BCUT2D eigenvalue weighted by Crippen LogP contribution is 2.49. The van der Waals surface area contributed by atoms with Crippen LogP contribution < -0.4 is 0 Å². The molecule has 0 aliphatic heterocycles. The first-order valence-electron chi connectivity index (χ1n) is 5.57. The Hall–Kier alpha value is -0.340.